The second-order valence-corrected chi connectivity index (χ2v) is 5.71. The number of nitrogens with zero attached hydrogens (tertiary/aromatic N) is 1. The zero-order valence-electron chi connectivity index (χ0n) is 14.8. The van der Waals surface area contributed by atoms with Crippen molar-refractivity contribution in [3.63, 3.8) is 0 Å². The average Bonchev–Trinajstić information content (AvgIpc) is 3.11. The van der Waals surface area contributed by atoms with Gasteiger partial charge < -0.3 is 14.5 Å². The first-order valence-corrected chi connectivity index (χ1v) is 8.43. The molecule has 0 aliphatic carbocycles. The summed E-state index contributed by atoms with van der Waals surface area (Å²) in [6.45, 7) is 2.67. The van der Waals surface area contributed by atoms with Gasteiger partial charge in [0.1, 0.15) is 0 Å². The molecule has 1 heterocycles. The zero-order valence-corrected chi connectivity index (χ0v) is 14.8. The van der Waals surface area contributed by atoms with Gasteiger partial charge in [0.25, 0.3) is 5.91 Å². The fraction of sp³-hybridized carbons (Fsp3) is 0.200. The highest BCUT2D eigenvalue weighted by Gasteiger charge is 2.10. The van der Waals surface area contributed by atoms with Crippen LogP contribution in [0, 0.1) is 0 Å². The summed E-state index contributed by atoms with van der Waals surface area (Å²) in [4.78, 5) is 15.4. The van der Waals surface area contributed by atoms with Gasteiger partial charge in [-0.15, -0.1) is 0 Å². The molecule has 1 aromatic heterocycles. The number of aromatic amines is 1. The van der Waals surface area contributed by atoms with Gasteiger partial charge in [-0.05, 0) is 36.2 Å². The predicted molar refractivity (Wildman–Crippen MR) is 102 cm³/mol. The monoisotopic (exact) mass is 351 g/mol. The van der Waals surface area contributed by atoms with Gasteiger partial charge in [-0.2, -0.15) is 5.10 Å². The zero-order chi connectivity index (χ0) is 18.4. The molecule has 6 nitrogen and oxygen atoms in total. The van der Waals surface area contributed by atoms with Crippen molar-refractivity contribution < 1.29 is 14.3 Å². The number of hydrazone groups is 1. The second-order valence-electron chi connectivity index (χ2n) is 5.71. The van der Waals surface area contributed by atoms with E-state index in [-0.39, 0.29) is 5.91 Å². The summed E-state index contributed by atoms with van der Waals surface area (Å²) in [5, 5.41) is 4.90. The van der Waals surface area contributed by atoms with E-state index in [1.54, 1.807) is 19.5 Å². The number of hydrogen-bond donors (Lipinski definition) is 2. The van der Waals surface area contributed by atoms with Gasteiger partial charge in [-0.3, -0.25) is 4.79 Å². The van der Waals surface area contributed by atoms with Crippen molar-refractivity contribution in [2.24, 2.45) is 5.10 Å². The second kappa shape index (κ2) is 8.20. The topological polar surface area (TPSA) is 75.7 Å². The predicted octanol–water partition coefficient (Wildman–Crippen LogP) is 3.73. The molecule has 0 spiro atoms. The number of fused-ring (bicyclic) bond motifs is 1. The third kappa shape index (κ3) is 3.85. The highest BCUT2D eigenvalue weighted by molar-refractivity contribution is 6.06. The summed E-state index contributed by atoms with van der Waals surface area (Å²) in [5.74, 6) is 1.05. The summed E-state index contributed by atoms with van der Waals surface area (Å²) in [5.41, 5.74) is 4.81. The van der Waals surface area contributed by atoms with E-state index in [0.29, 0.717) is 23.7 Å². The van der Waals surface area contributed by atoms with Gasteiger partial charge in [0.05, 0.1) is 25.5 Å². The van der Waals surface area contributed by atoms with Gasteiger partial charge in [0, 0.05) is 17.1 Å². The lowest BCUT2D eigenvalue weighted by atomic mass is 10.2. The number of para-hydroxylation sites is 1. The molecule has 1 amide bonds. The third-order valence-electron chi connectivity index (χ3n) is 3.86. The Kier molecular flexibility index (Phi) is 5.53. The van der Waals surface area contributed by atoms with E-state index in [2.05, 4.69) is 15.5 Å². The average molecular weight is 351 g/mol. The SMILES string of the molecule is CCCOc1ccc(C=NNC(=O)c2c[nH]c3ccccc23)cc1OC. The molecule has 2 N–H and O–H groups in total. The fourth-order valence-corrected chi connectivity index (χ4v) is 2.58. The molecule has 6 heteroatoms. The van der Waals surface area contributed by atoms with Crippen LogP contribution in [0.3, 0.4) is 0 Å². The Morgan fingerprint density at radius 1 is 1.23 bits per heavy atom. The lowest BCUT2D eigenvalue weighted by Gasteiger charge is -2.10. The number of aromatic nitrogens is 1. The maximum absolute atomic E-state index is 12.3. The molecule has 0 fully saturated rings. The van der Waals surface area contributed by atoms with Crippen LogP contribution < -0.4 is 14.9 Å². The van der Waals surface area contributed by atoms with Gasteiger partial charge in [0.15, 0.2) is 11.5 Å². The number of H-pyrrole nitrogens is 1. The van der Waals surface area contributed by atoms with Crippen molar-refractivity contribution in [2.75, 3.05) is 13.7 Å². The molecule has 0 saturated heterocycles. The summed E-state index contributed by atoms with van der Waals surface area (Å²) in [7, 11) is 1.59. The fourth-order valence-electron chi connectivity index (χ4n) is 2.58. The Morgan fingerprint density at radius 3 is 2.88 bits per heavy atom. The van der Waals surface area contributed by atoms with Crippen molar-refractivity contribution in [3.8, 4) is 11.5 Å². The molecule has 134 valence electrons. The number of nitrogens with one attached hydrogen (secondary N) is 2. The molecule has 3 rings (SSSR count). The molecule has 0 aliphatic rings. The Balaban J connectivity index is 1.69. The molecule has 0 saturated carbocycles. The third-order valence-corrected chi connectivity index (χ3v) is 3.86. The van der Waals surface area contributed by atoms with Crippen LogP contribution in [-0.4, -0.2) is 30.8 Å². The first kappa shape index (κ1) is 17.5. The molecule has 0 aliphatic heterocycles. The van der Waals surface area contributed by atoms with Crippen LogP contribution in [0.2, 0.25) is 0 Å². The van der Waals surface area contributed by atoms with Gasteiger partial charge in [-0.25, -0.2) is 5.43 Å². The molecule has 26 heavy (non-hydrogen) atoms. The van der Waals surface area contributed by atoms with E-state index in [0.717, 1.165) is 22.9 Å². The van der Waals surface area contributed by atoms with Crippen LogP contribution in [0.5, 0.6) is 11.5 Å². The molecule has 0 radical (unpaired) electrons. The number of rotatable bonds is 7. The minimum atomic E-state index is -0.270. The Morgan fingerprint density at radius 2 is 2.08 bits per heavy atom. The normalized spacial score (nSPS) is 11.0. The van der Waals surface area contributed by atoms with Crippen LogP contribution in [0.15, 0.2) is 53.8 Å². The lowest BCUT2D eigenvalue weighted by Crippen LogP contribution is -2.17. The van der Waals surface area contributed by atoms with E-state index in [1.165, 1.54) is 0 Å². The highest BCUT2D eigenvalue weighted by atomic mass is 16.5. The standard InChI is InChI=1S/C20H21N3O3/c1-3-10-26-18-9-8-14(11-19(18)25-2)12-22-23-20(24)16-13-21-17-7-5-4-6-15(16)17/h4-9,11-13,21H,3,10H2,1-2H3,(H,23,24). The van der Waals surface area contributed by atoms with E-state index in [1.807, 2.05) is 49.4 Å². The Labute approximate surface area is 151 Å². The highest BCUT2D eigenvalue weighted by Crippen LogP contribution is 2.27. The number of ether oxygens (including phenoxy) is 2. The molecule has 0 bridgehead atoms. The van der Waals surface area contributed by atoms with E-state index in [9.17, 15) is 4.79 Å². The van der Waals surface area contributed by atoms with E-state index in [4.69, 9.17) is 9.47 Å². The summed E-state index contributed by atoms with van der Waals surface area (Å²) < 4.78 is 11.0. The van der Waals surface area contributed by atoms with Crippen molar-refractivity contribution in [2.45, 2.75) is 13.3 Å². The van der Waals surface area contributed by atoms with Crippen LogP contribution in [0.1, 0.15) is 29.3 Å². The van der Waals surface area contributed by atoms with Gasteiger partial charge in [0.2, 0.25) is 0 Å². The summed E-state index contributed by atoms with van der Waals surface area (Å²) in [6, 6.07) is 13.1. The molecular formula is C20H21N3O3. The minimum absolute atomic E-state index is 0.270. The van der Waals surface area contributed by atoms with E-state index < -0.39 is 0 Å². The number of benzene rings is 2. The number of carbonyl (C=O) groups excluding carboxylic acids is 1. The Bertz CT molecular complexity index is 931. The maximum Gasteiger partial charge on any atom is 0.273 e. The molecule has 0 unspecified atom stereocenters. The van der Waals surface area contributed by atoms with Crippen LogP contribution in [0.4, 0.5) is 0 Å². The van der Waals surface area contributed by atoms with E-state index >= 15 is 0 Å². The number of amides is 1. The van der Waals surface area contributed by atoms with Crippen molar-refractivity contribution in [1.29, 1.82) is 0 Å². The van der Waals surface area contributed by atoms with Crippen molar-refractivity contribution in [3.05, 3.63) is 59.8 Å². The van der Waals surface area contributed by atoms with Crippen LogP contribution in [-0.2, 0) is 0 Å². The lowest BCUT2D eigenvalue weighted by molar-refractivity contribution is 0.0957. The van der Waals surface area contributed by atoms with Crippen molar-refractivity contribution >= 4 is 23.0 Å². The largest absolute Gasteiger partial charge is 0.493 e. The summed E-state index contributed by atoms with van der Waals surface area (Å²) >= 11 is 0. The van der Waals surface area contributed by atoms with Gasteiger partial charge >= 0.3 is 0 Å². The smallest absolute Gasteiger partial charge is 0.273 e. The molecule has 2 aromatic carbocycles. The molecule has 3 aromatic rings. The maximum atomic E-state index is 12.3. The summed E-state index contributed by atoms with van der Waals surface area (Å²) in [6.07, 6.45) is 4.17. The van der Waals surface area contributed by atoms with Gasteiger partial charge in [-0.1, -0.05) is 25.1 Å². The van der Waals surface area contributed by atoms with Crippen LogP contribution in [0.25, 0.3) is 10.9 Å². The number of methoxy groups -OCH3 is 1. The quantitative estimate of drug-likeness (QED) is 0.503. The number of carbonyl (C=O) groups is 1. The minimum Gasteiger partial charge on any atom is -0.493 e. The van der Waals surface area contributed by atoms with Crippen LogP contribution >= 0.6 is 0 Å². The first-order valence-electron chi connectivity index (χ1n) is 8.43. The number of hydrogen-bond acceptors (Lipinski definition) is 4. The Hall–Kier alpha value is -3.28. The van der Waals surface area contributed by atoms with Crippen molar-refractivity contribution in [1.82, 2.24) is 10.4 Å². The first-order chi connectivity index (χ1) is 12.7. The molecular weight excluding hydrogens is 330 g/mol. The molecule has 0 atom stereocenters.